The molecule has 0 unspecified atom stereocenters. The minimum Gasteiger partial charge on any atom is -0.444 e. The summed E-state index contributed by atoms with van der Waals surface area (Å²) in [6.07, 6.45) is 4.26. The van der Waals surface area contributed by atoms with Crippen molar-refractivity contribution in [2.75, 3.05) is 11.9 Å². The van der Waals surface area contributed by atoms with Gasteiger partial charge in [0.15, 0.2) is 0 Å². The van der Waals surface area contributed by atoms with Crippen LogP contribution in [0.15, 0.2) is 12.1 Å². The summed E-state index contributed by atoms with van der Waals surface area (Å²) in [7, 11) is 0. The van der Waals surface area contributed by atoms with Gasteiger partial charge in [-0.3, -0.25) is 0 Å². The van der Waals surface area contributed by atoms with Gasteiger partial charge >= 0.3 is 6.09 Å². The van der Waals surface area contributed by atoms with E-state index in [-0.39, 0.29) is 6.09 Å². The van der Waals surface area contributed by atoms with Crippen molar-refractivity contribution in [3.05, 3.63) is 28.8 Å². The summed E-state index contributed by atoms with van der Waals surface area (Å²) in [5.41, 5.74) is 4.87. The summed E-state index contributed by atoms with van der Waals surface area (Å²) in [6.45, 7) is 12.9. The average Bonchev–Trinajstić information content (AvgIpc) is 2.50. The van der Waals surface area contributed by atoms with Gasteiger partial charge in [0.1, 0.15) is 5.60 Å². The lowest BCUT2D eigenvalue weighted by Crippen LogP contribution is -2.37. The van der Waals surface area contributed by atoms with Crippen molar-refractivity contribution in [1.82, 2.24) is 5.32 Å². The number of amides is 1. The Morgan fingerprint density at radius 2 is 1.64 bits per heavy atom. The molecule has 0 heterocycles. The molecule has 2 N–H and O–H groups in total. The molecule has 25 heavy (non-hydrogen) atoms. The Balaban J connectivity index is 1.75. The van der Waals surface area contributed by atoms with Gasteiger partial charge in [-0.25, -0.2) is 4.79 Å². The second-order valence-electron chi connectivity index (χ2n) is 8.48. The van der Waals surface area contributed by atoms with Crippen molar-refractivity contribution in [1.29, 1.82) is 0 Å². The predicted octanol–water partition coefficient (Wildman–Crippen LogP) is 5.11. The number of hydrogen-bond acceptors (Lipinski definition) is 3. The van der Waals surface area contributed by atoms with Gasteiger partial charge in [0, 0.05) is 18.3 Å². The molecule has 1 saturated carbocycles. The van der Waals surface area contributed by atoms with Crippen LogP contribution < -0.4 is 10.6 Å². The largest absolute Gasteiger partial charge is 0.444 e. The van der Waals surface area contributed by atoms with E-state index in [1.54, 1.807) is 0 Å². The minimum absolute atomic E-state index is 0.307. The number of rotatable bonds is 4. The molecule has 1 aromatic rings. The first-order valence-electron chi connectivity index (χ1n) is 9.45. The van der Waals surface area contributed by atoms with Crippen molar-refractivity contribution in [3.8, 4) is 0 Å². The highest BCUT2D eigenvalue weighted by Crippen LogP contribution is 2.27. The van der Waals surface area contributed by atoms with E-state index in [0.717, 1.165) is 25.7 Å². The van der Waals surface area contributed by atoms with Crippen LogP contribution in [0, 0.1) is 26.7 Å². The number of carbonyl (C=O) groups is 1. The third-order valence-electron chi connectivity index (χ3n) is 5.08. The molecule has 1 aliphatic rings. The number of hydrogen-bond donors (Lipinski definition) is 2. The van der Waals surface area contributed by atoms with E-state index in [4.69, 9.17) is 4.74 Å². The molecule has 0 saturated heterocycles. The zero-order valence-electron chi connectivity index (χ0n) is 16.7. The molecule has 0 aliphatic heterocycles. The van der Waals surface area contributed by atoms with E-state index < -0.39 is 5.60 Å². The van der Waals surface area contributed by atoms with Crippen LogP contribution >= 0.6 is 0 Å². The van der Waals surface area contributed by atoms with Crippen molar-refractivity contribution >= 4 is 11.8 Å². The van der Waals surface area contributed by atoms with Gasteiger partial charge < -0.3 is 15.4 Å². The fourth-order valence-electron chi connectivity index (χ4n) is 3.41. The molecule has 0 spiro atoms. The Bertz CT molecular complexity index is 573. The smallest absolute Gasteiger partial charge is 0.407 e. The molecule has 0 atom stereocenters. The Morgan fingerprint density at radius 1 is 1.08 bits per heavy atom. The normalized spacial score (nSPS) is 20.9. The number of ether oxygens (including phenoxy) is 1. The van der Waals surface area contributed by atoms with Gasteiger partial charge in [-0.2, -0.15) is 0 Å². The molecule has 0 radical (unpaired) electrons. The number of aryl methyl sites for hydroxylation is 2. The van der Waals surface area contributed by atoms with Crippen LogP contribution in [0.2, 0.25) is 0 Å². The summed E-state index contributed by atoms with van der Waals surface area (Å²) < 4.78 is 5.30. The summed E-state index contributed by atoms with van der Waals surface area (Å²) in [6, 6.07) is 5.02. The highest BCUT2D eigenvalue weighted by molar-refractivity contribution is 5.67. The Morgan fingerprint density at radius 3 is 2.16 bits per heavy atom. The molecule has 1 aromatic carbocycles. The molecule has 1 fully saturated rings. The van der Waals surface area contributed by atoms with E-state index in [2.05, 4.69) is 43.5 Å². The number of nitrogens with one attached hydrogen (secondary N) is 2. The maximum atomic E-state index is 11.8. The van der Waals surface area contributed by atoms with Crippen LogP contribution in [0.25, 0.3) is 0 Å². The number of carbonyl (C=O) groups excluding carboxylic acids is 1. The molecule has 0 aromatic heterocycles. The minimum atomic E-state index is -0.435. The second-order valence-corrected chi connectivity index (χ2v) is 8.48. The maximum Gasteiger partial charge on any atom is 0.407 e. The van der Waals surface area contributed by atoms with Crippen LogP contribution in [-0.2, 0) is 4.74 Å². The average molecular weight is 347 g/mol. The molecule has 2 rings (SSSR count). The monoisotopic (exact) mass is 346 g/mol. The number of anilines is 1. The fraction of sp³-hybridized carbons (Fsp3) is 0.667. The molecular formula is C21H34N2O2. The van der Waals surface area contributed by atoms with Gasteiger partial charge in [0.05, 0.1) is 0 Å². The lowest BCUT2D eigenvalue weighted by atomic mass is 9.86. The zero-order chi connectivity index (χ0) is 18.6. The third-order valence-corrected chi connectivity index (χ3v) is 5.08. The maximum absolute atomic E-state index is 11.8. The second kappa shape index (κ2) is 8.11. The molecular weight excluding hydrogens is 312 g/mol. The first kappa shape index (κ1) is 19.6. The number of alkyl carbamates (subject to hydrolysis) is 1. The SMILES string of the molecule is Cc1cc(NC2CCC(CNC(=O)OC(C)(C)C)CC2)cc(C)c1C. The highest BCUT2D eigenvalue weighted by Gasteiger charge is 2.23. The Kier molecular flexibility index (Phi) is 6.36. The van der Waals surface area contributed by atoms with Gasteiger partial charge in [0.2, 0.25) is 0 Å². The van der Waals surface area contributed by atoms with Gasteiger partial charge in [-0.05, 0) is 102 Å². The van der Waals surface area contributed by atoms with E-state index in [9.17, 15) is 4.79 Å². The first-order valence-corrected chi connectivity index (χ1v) is 9.45. The fourth-order valence-corrected chi connectivity index (χ4v) is 3.41. The molecule has 4 heteroatoms. The van der Waals surface area contributed by atoms with Crippen LogP contribution in [0.1, 0.15) is 63.1 Å². The summed E-state index contributed by atoms with van der Waals surface area (Å²) >= 11 is 0. The van der Waals surface area contributed by atoms with Crippen LogP contribution in [-0.4, -0.2) is 24.3 Å². The summed E-state index contributed by atoms with van der Waals surface area (Å²) in [4.78, 5) is 11.8. The topological polar surface area (TPSA) is 50.4 Å². The summed E-state index contributed by atoms with van der Waals surface area (Å²) in [5.74, 6) is 0.548. The molecule has 4 nitrogen and oxygen atoms in total. The van der Waals surface area contributed by atoms with Crippen LogP contribution in [0.5, 0.6) is 0 Å². The van der Waals surface area contributed by atoms with E-state index in [1.165, 1.54) is 22.4 Å². The lowest BCUT2D eigenvalue weighted by molar-refractivity contribution is 0.0515. The zero-order valence-corrected chi connectivity index (χ0v) is 16.7. The summed E-state index contributed by atoms with van der Waals surface area (Å²) in [5, 5.41) is 6.61. The molecule has 1 amide bonds. The van der Waals surface area contributed by atoms with E-state index in [1.807, 2.05) is 20.8 Å². The van der Waals surface area contributed by atoms with Crippen molar-refractivity contribution in [2.45, 2.75) is 78.9 Å². The van der Waals surface area contributed by atoms with Crippen molar-refractivity contribution in [3.63, 3.8) is 0 Å². The molecule has 0 bridgehead atoms. The quantitative estimate of drug-likeness (QED) is 0.797. The van der Waals surface area contributed by atoms with E-state index >= 15 is 0 Å². The van der Waals surface area contributed by atoms with Crippen LogP contribution in [0.3, 0.4) is 0 Å². The Hall–Kier alpha value is -1.71. The van der Waals surface area contributed by atoms with Gasteiger partial charge in [-0.1, -0.05) is 0 Å². The first-order chi connectivity index (χ1) is 11.6. The van der Waals surface area contributed by atoms with Gasteiger partial charge in [0.25, 0.3) is 0 Å². The van der Waals surface area contributed by atoms with Crippen molar-refractivity contribution < 1.29 is 9.53 Å². The lowest BCUT2D eigenvalue weighted by Gasteiger charge is -2.30. The van der Waals surface area contributed by atoms with Crippen molar-refractivity contribution in [2.24, 2.45) is 5.92 Å². The number of benzene rings is 1. The standard InChI is InChI=1S/C21H34N2O2/c1-14-11-19(12-15(2)16(14)3)23-18-9-7-17(8-10-18)13-22-20(24)25-21(4,5)6/h11-12,17-18,23H,7-10,13H2,1-6H3,(H,22,24). The van der Waals surface area contributed by atoms with Crippen LogP contribution in [0.4, 0.5) is 10.5 Å². The predicted molar refractivity (Wildman–Crippen MR) is 104 cm³/mol. The Labute approximate surface area is 152 Å². The molecule has 1 aliphatic carbocycles. The highest BCUT2D eigenvalue weighted by atomic mass is 16.6. The third kappa shape index (κ3) is 6.26. The van der Waals surface area contributed by atoms with Gasteiger partial charge in [-0.15, -0.1) is 0 Å². The molecule has 140 valence electrons. The van der Waals surface area contributed by atoms with E-state index in [0.29, 0.717) is 18.5 Å².